The Hall–Kier alpha value is -1.00. The average molecular weight is 350 g/mol. The highest BCUT2D eigenvalue weighted by molar-refractivity contribution is 7.47. The number of rotatable bonds is 5. The second-order valence-electron chi connectivity index (χ2n) is 6.47. The number of carbonyl (C=O) groups excluding carboxylic acids is 1. The molecule has 1 saturated heterocycles. The molecule has 0 spiro atoms. The lowest BCUT2D eigenvalue weighted by atomic mass is 9.91. The molecule has 2 aliphatic rings. The molecule has 1 aliphatic heterocycles. The third-order valence-corrected chi connectivity index (χ3v) is 7.07. The maximum Gasteiger partial charge on any atom is 0.340 e. The lowest BCUT2D eigenvalue weighted by Crippen LogP contribution is -2.37. The molecule has 0 amide bonds. The largest absolute Gasteiger partial charge is 0.464 e. The molecule has 0 aromatic heterocycles. The van der Waals surface area contributed by atoms with Gasteiger partial charge in [0, 0.05) is 12.1 Å². The topological polar surface area (TPSA) is 42.0 Å². The molecule has 3 atom stereocenters. The number of esters is 1. The highest BCUT2D eigenvalue weighted by Crippen LogP contribution is 2.58. The van der Waals surface area contributed by atoms with E-state index in [0.717, 1.165) is 5.56 Å². The molecule has 1 aromatic rings. The van der Waals surface area contributed by atoms with Gasteiger partial charge in [-0.3, -0.25) is 0 Å². The number of ether oxygens (including phenoxy) is 1. The molecule has 1 aromatic carbocycles. The number of fused-ring (bicyclic) bond motifs is 1. The number of nitrogens with zero attached hydrogens (tertiary/aromatic N) is 2. The molecule has 3 rings (SSSR count). The van der Waals surface area contributed by atoms with Gasteiger partial charge in [-0.05, 0) is 39.4 Å². The SMILES string of the molecule is CCOC(=O)[C@@H](OP1N(C)[C@@H]2CCCC[C@H]2N1C)c1ccccc1. The second kappa shape index (κ2) is 7.92. The van der Waals surface area contributed by atoms with E-state index in [1.807, 2.05) is 37.3 Å². The average Bonchev–Trinajstić information content (AvgIpc) is 2.85. The minimum atomic E-state index is -0.958. The van der Waals surface area contributed by atoms with Crippen LogP contribution in [0.3, 0.4) is 0 Å². The summed E-state index contributed by atoms with van der Waals surface area (Å²) in [4.78, 5) is 12.5. The molecule has 6 heteroatoms. The standard InChI is InChI=1S/C18H27N2O3P/c1-4-22-18(21)17(14-10-6-5-7-11-14)23-24-19(2)15-12-8-9-13-16(15)20(24)3/h5-7,10-11,15-17H,4,8-9,12-13H2,1-3H3/t15-,16-,17+/m1/s1. The van der Waals surface area contributed by atoms with Gasteiger partial charge in [0.05, 0.1) is 6.61 Å². The van der Waals surface area contributed by atoms with E-state index in [2.05, 4.69) is 23.4 Å². The Morgan fingerprint density at radius 2 is 1.75 bits per heavy atom. The van der Waals surface area contributed by atoms with Crippen LogP contribution in [0.15, 0.2) is 30.3 Å². The Morgan fingerprint density at radius 1 is 1.17 bits per heavy atom. The van der Waals surface area contributed by atoms with Gasteiger partial charge in [0.2, 0.25) is 0 Å². The predicted molar refractivity (Wildman–Crippen MR) is 95.4 cm³/mol. The predicted octanol–water partition coefficient (Wildman–Crippen LogP) is 3.72. The molecule has 0 radical (unpaired) electrons. The lowest BCUT2D eigenvalue weighted by molar-refractivity contribution is -0.151. The van der Waals surface area contributed by atoms with Crippen molar-refractivity contribution in [1.82, 2.24) is 9.34 Å². The maximum absolute atomic E-state index is 12.5. The smallest absolute Gasteiger partial charge is 0.340 e. The minimum absolute atomic E-state index is 0.303. The van der Waals surface area contributed by atoms with E-state index in [-0.39, 0.29) is 5.97 Å². The molecule has 1 heterocycles. The summed E-state index contributed by atoms with van der Waals surface area (Å²) in [5.41, 5.74) is 0.857. The minimum Gasteiger partial charge on any atom is -0.464 e. The van der Waals surface area contributed by atoms with Crippen LogP contribution in [-0.2, 0) is 14.1 Å². The normalized spacial score (nSPS) is 27.0. The number of hydrogen-bond acceptors (Lipinski definition) is 5. The molecule has 0 N–H and O–H groups in total. The maximum atomic E-state index is 12.5. The van der Waals surface area contributed by atoms with Crippen LogP contribution in [0, 0.1) is 0 Å². The van der Waals surface area contributed by atoms with Crippen molar-refractivity contribution in [1.29, 1.82) is 0 Å². The van der Waals surface area contributed by atoms with E-state index in [1.165, 1.54) is 25.7 Å². The van der Waals surface area contributed by atoms with E-state index >= 15 is 0 Å². The molecule has 132 valence electrons. The third kappa shape index (κ3) is 3.50. The zero-order valence-corrected chi connectivity index (χ0v) is 15.6. The quantitative estimate of drug-likeness (QED) is 0.598. The Balaban J connectivity index is 1.80. The third-order valence-electron chi connectivity index (χ3n) is 5.00. The van der Waals surface area contributed by atoms with Gasteiger partial charge >= 0.3 is 5.97 Å². The van der Waals surface area contributed by atoms with Gasteiger partial charge in [0.1, 0.15) is 0 Å². The molecule has 5 nitrogen and oxygen atoms in total. The van der Waals surface area contributed by atoms with Gasteiger partial charge in [-0.1, -0.05) is 43.2 Å². The number of carbonyl (C=O) groups is 1. The first-order valence-electron chi connectivity index (χ1n) is 8.77. The van der Waals surface area contributed by atoms with Crippen LogP contribution in [-0.4, -0.2) is 48.1 Å². The van der Waals surface area contributed by atoms with Crippen LogP contribution in [0.2, 0.25) is 0 Å². The van der Waals surface area contributed by atoms with Gasteiger partial charge < -0.3 is 9.26 Å². The van der Waals surface area contributed by atoms with Crippen LogP contribution in [0.25, 0.3) is 0 Å². The van der Waals surface area contributed by atoms with Crippen LogP contribution in [0.1, 0.15) is 44.3 Å². The fraction of sp³-hybridized carbons (Fsp3) is 0.611. The van der Waals surface area contributed by atoms with Crippen LogP contribution < -0.4 is 0 Å². The molecule has 1 saturated carbocycles. The molecular weight excluding hydrogens is 323 g/mol. The van der Waals surface area contributed by atoms with Gasteiger partial charge in [-0.2, -0.15) is 0 Å². The summed E-state index contributed by atoms with van der Waals surface area (Å²) >= 11 is 0. The van der Waals surface area contributed by atoms with Crippen LogP contribution >= 0.6 is 8.45 Å². The first-order chi connectivity index (χ1) is 11.6. The molecule has 1 aliphatic carbocycles. The Labute approximate surface area is 145 Å². The van der Waals surface area contributed by atoms with Crippen molar-refractivity contribution in [3.05, 3.63) is 35.9 Å². The van der Waals surface area contributed by atoms with Crippen LogP contribution in [0.5, 0.6) is 0 Å². The summed E-state index contributed by atoms with van der Waals surface area (Å²) in [6.45, 7) is 2.19. The monoisotopic (exact) mass is 350 g/mol. The van der Waals surface area contributed by atoms with E-state index in [1.54, 1.807) is 0 Å². The van der Waals surface area contributed by atoms with E-state index in [4.69, 9.17) is 9.26 Å². The van der Waals surface area contributed by atoms with Gasteiger partial charge in [0.25, 0.3) is 0 Å². The summed E-state index contributed by atoms with van der Waals surface area (Å²) < 4.78 is 16.3. The zero-order valence-electron chi connectivity index (χ0n) is 14.7. The van der Waals surface area contributed by atoms with Crippen molar-refractivity contribution in [3.63, 3.8) is 0 Å². The number of likely N-dealkylation sites (N-methyl/N-ethyl adjacent to an activating group) is 2. The highest BCUT2D eigenvalue weighted by atomic mass is 31.2. The summed E-state index contributed by atoms with van der Waals surface area (Å²) in [6, 6.07) is 10.7. The summed E-state index contributed by atoms with van der Waals surface area (Å²) in [7, 11) is 3.30. The first kappa shape index (κ1) is 17.8. The number of hydrogen-bond donors (Lipinski definition) is 0. The van der Waals surface area contributed by atoms with Crippen LogP contribution in [0.4, 0.5) is 0 Å². The van der Waals surface area contributed by atoms with Crippen molar-refractivity contribution in [2.45, 2.75) is 50.8 Å². The first-order valence-corrected chi connectivity index (χ1v) is 9.94. The van der Waals surface area contributed by atoms with Crippen molar-refractivity contribution in [2.75, 3.05) is 20.7 Å². The Morgan fingerprint density at radius 3 is 2.29 bits per heavy atom. The summed E-state index contributed by atoms with van der Waals surface area (Å²) in [6.07, 6.45) is 4.32. The van der Waals surface area contributed by atoms with Crippen molar-refractivity contribution >= 4 is 14.4 Å². The van der Waals surface area contributed by atoms with Gasteiger partial charge in [-0.25, -0.2) is 14.1 Å². The molecule has 2 fully saturated rings. The summed E-state index contributed by atoms with van der Waals surface area (Å²) in [5, 5.41) is 0. The lowest BCUT2D eigenvalue weighted by Gasteiger charge is -2.29. The highest BCUT2D eigenvalue weighted by Gasteiger charge is 2.47. The van der Waals surface area contributed by atoms with E-state index in [0.29, 0.717) is 18.7 Å². The Kier molecular flexibility index (Phi) is 5.88. The van der Waals surface area contributed by atoms with Gasteiger partial charge in [0.15, 0.2) is 14.6 Å². The molecule has 24 heavy (non-hydrogen) atoms. The van der Waals surface area contributed by atoms with E-state index in [9.17, 15) is 4.79 Å². The second-order valence-corrected chi connectivity index (χ2v) is 8.45. The van der Waals surface area contributed by atoms with E-state index < -0.39 is 14.6 Å². The fourth-order valence-electron chi connectivity index (χ4n) is 3.77. The van der Waals surface area contributed by atoms with Crippen molar-refractivity contribution in [3.8, 4) is 0 Å². The number of benzene rings is 1. The Bertz CT molecular complexity index is 538. The summed E-state index contributed by atoms with van der Waals surface area (Å²) in [5.74, 6) is -0.303. The van der Waals surface area contributed by atoms with Crippen molar-refractivity contribution < 1.29 is 14.1 Å². The van der Waals surface area contributed by atoms with Gasteiger partial charge in [-0.15, -0.1) is 0 Å². The fourth-order valence-corrected chi connectivity index (χ4v) is 5.95. The van der Waals surface area contributed by atoms with Crippen molar-refractivity contribution in [2.24, 2.45) is 0 Å². The molecule has 0 unspecified atom stereocenters. The zero-order chi connectivity index (χ0) is 17.1. The molecular formula is C18H27N2O3P. The molecule has 0 bridgehead atoms.